The van der Waals surface area contributed by atoms with Gasteiger partial charge in [0.15, 0.2) is 0 Å². The summed E-state index contributed by atoms with van der Waals surface area (Å²) in [4.78, 5) is 13.7. The summed E-state index contributed by atoms with van der Waals surface area (Å²) in [6.45, 7) is 7.23. The van der Waals surface area contributed by atoms with Crippen LogP contribution >= 0.6 is 0 Å². The molecule has 4 nitrogen and oxygen atoms in total. The van der Waals surface area contributed by atoms with E-state index in [9.17, 15) is 4.79 Å². The van der Waals surface area contributed by atoms with Crippen LogP contribution in [0.1, 0.15) is 20.3 Å². The predicted molar refractivity (Wildman–Crippen MR) is 78.0 cm³/mol. The Kier molecular flexibility index (Phi) is 6.25. The van der Waals surface area contributed by atoms with Gasteiger partial charge in [-0.1, -0.05) is 31.6 Å². The zero-order valence-corrected chi connectivity index (χ0v) is 12.5. The van der Waals surface area contributed by atoms with Crippen LogP contribution in [0.15, 0.2) is 23.8 Å². The molecule has 0 atom stereocenters. The topological polar surface area (TPSA) is 41.6 Å². The molecular weight excluding hydrogens is 240 g/mol. The van der Waals surface area contributed by atoms with Crippen molar-refractivity contribution in [2.24, 2.45) is 5.41 Å². The molecule has 1 rings (SSSR count). The molecule has 4 heteroatoms. The van der Waals surface area contributed by atoms with Crippen molar-refractivity contribution in [2.75, 3.05) is 40.4 Å². The van der Waals surface area contributed by atoms with Crippen LogP contribution < -0.4 is 5.32 Å². The van der Waals surface area contributed by atoms with Gasteiger partial charge in [0, 0.05) is 24.6 Å². The summed E-state index contributed by atoms with van der Waals surface area (Å²) >= 11 is 0. The maximum Gasteiger partial charge on any atom is 0.243 e. The summed E-state index contributed by atoms with van der Waals surface area (Å²) in [5.74, 6) is -0.0254. The third-order valence-electron chi connectivity index (χ3n) is 3.28. The molecule has 1 heterocycles. The molecule has 0 spiro atoms. The number of carbonyl (C=O) groups is 1. The Bertz CT molecular complexity index is 357. The fraction of sp³-hybridized carbons (Fsp3) is 0.667. The predicted octanol–water partition coefficient (Wildman–Crippen LogP) is 1.59. The Morgan fingerprint density at radius 2 is 2.26 bits per heavy atom. The number of amides is 1. The van der Waals surface area contributed by atoms with E-state index in [0.717, 1.165) is 19.6 Å². The summed E-state index contributed by atoms with van der Waals surface area (Å²) in [5.41, 5.74) is 1.37. The van der Waals surface area contributed by atoms with Gasteiger partial charge < -0.3 is 15.0 Å². The van der Waals surface area contributed by atoms with Crippen molar-refractivity contribution < 1.29 is 9.53 Å². The van der Waals surface area contributed by atoms with Crippen molar-refractivity contribution in [1.29, 1.82) is 0 Å². The summed E-state index contributed by atoms with van der Waals surface area (Å²) in [6.07, 6.45) is 6.57. The first-order chi connectivity index (χ1) is 8.92. The van der Waals surface area contributed by atoms with E-state index in [4.69, 9.17) is 4.74 Å². The molecule has 0 saturated carbocycles. The zero-order valence-electron chi connectivity index (χ0n) is 12.5. The van der Waals surface area contributed by atoms with Gasteiger partial charge in [0.05, 0.1) is 13.2 Å². The number of nitrogens with zero attached hydrogens (tertiary/aromatic N) is 1. The van der Waals surface area contributed by atoms with E-state index >= 15 is 0 Å². The van der Waals surface area contributed by atoms with E-state index in [1.165, 1.54) is 5.57 Å². The first-order valence-corrected chi connectivity index (χ1v) is 6.78. The average Bonchev–Trinajstić information content (AvgIpc) is 2.37. The SMILES string of the molecule is CN(C)C/C=C/C(=O)NCC(C)(C)C1=CCOCC1. The highest BCUT2D eigenvalue weighted by Gasteiger charge is 2.24. The molecule has 0 bridgehead atoms. The normalized spacial score (nSPS) is 16.8. The Morgan fingerprint density at radius 3 is 2.84 bits per heavy atom. The lowest BCUT2D eigenvalue weighted by atomic mass is 9.81. The lowest BCUT2D eigenvalue weighted by Gasteiger charge is -2.30. The monoisotopic (exact) mass is 266 g/mol. The van der Waals surface area contributed by atoms with Gasteiger partial charge in [0.2, 0.25) is 5.91 Å². The Labute approximate surface area is 116 Å². The van der Waals surface area contributed by atoms with Gasteiger partial charge in [-0.25, -0.2) is 0 Å². The molecule has 0 aromatic carbocycles. The minimum absolute atomic E-state index is 0.00513. The van der Waals surface area contributed by atoms with Crippen LogP contribution in [0.2, 0.25) is 0 Å². The molecule has 1 N–H and O–H groups in total. The van der Waals surface area contributed by atoms with Crippen molar-refractivity contribution in [3.63, 3.8) is 0 Å². The zero-order chi connectivity index (χ0) is 14.3. The van der Waals surface area contributed by atoms with Crippen LogP contribution in [0.25, 0.3) is 0 Å². The fourth-order valence-electron chi connectivity index (χ4n) is 1.99. The van der Waals surface area contributed by atoms with E-state index in [-0.39, 0.29) is 11.3 Å². The van der Waals surface area contributed by atoms with Crippen molar-refractivity contribution in [1.82, 2.24) is 10.2 Å². The number of hydrogen-bond acceptors (Lipinski definition) is 3. The number of likely N-dealkylation sites (N-methyl/N-ethyl adjacent to an activating group) is 1. The number of nitrogens with one attached hydrogen (secondary N) is 1. The van der Waals surface area contributed by atoms with Crippen molar-refractivity contribution in [2.45, 2.75) is 20.3 Å². The quantitative estimate of drug-likeness (QED) is 0.586. The molecule has 1 aliphatic heterocycles. The second kappa shape index (κ2) is 7.46. The van der Waals surface area contributed by atoms with E-state index < -0.39 is 0 Å². The average molecular weight is 266 g/mol. The second-order valence-corrected chi connectivity index (χ2v) is 5.82. The molecule has 0 aliphatic carbocycles. The van der Waals surface area contributed by atoms with Gasteiger partial charge in [-0.05, 0) is 20.5 Å². The summed E-state index contributed by atoms with van der Waals surface area (Å²) in [5, 5.41) is 2.97. The highest BCUT2D eigenvalue weighted by atomic mass is 16.5. The first kappa shape index (κ1) is 15.9. The minimum Gasteiger partial charge on any atom is -0.377 e. The molecule has 0 saturated heterocycles. The van der Waals surface area contributed by atoms with Gasteiger partial charge in [-0.15, -0.1) is 0 Å². The van der Waals surface area contributed by atoms with E-state index in [2.05, 4.69) is 25.2 Å². The van der Waals surface area contributed by atoms with Gasteiger partial charge in [-0.2, -0.15) is 0 Å². The van der Waals surface area contributed by atoms with Crippen LogP contribution in [0.3, 0.4) is 0 Å². The summed E-state index contributed by atoms with van der Waals surface area (Å²) in [6, 6.07) is 0. The van der Waals surface area contributed by atoms with Crippen LogP contribution in [0.5, 0.6) is 0 Å². The van der Waals surface area contributed by atoms with Crippen molar-refractivity contribution in [3.05, 3.63) is 23.8 Å². The van der Waals surface area contributed by atoms with Gasteiger partial charge in [0.25, 0.3) is 0 Å². The molecule has 108 valence electrons. The maximum absolute atomic E-state index is 11.7. The molecular formula is C15H26N2O2. The third kappa shape index (κ3) is 6.03. The highest BCUT2D eigenvalue weighted by Crippen LogP contribution is 2.29. The van der Waals surface area contributed by atoms with E-state index in [0.29, 0.717) is 13.2 Å². The van der Waals surface area contributed by atoms with Crippen molar-refractivity contribution in [3.8, 4) is 0 Å². The highest BCUT2D eigenvalue weighted by molar-refractivity contribution is 5.87. The standard InChI is InChI=1S/C15H26N2O2/c1-15(2,13-7-10-19-11-8-13)12-16-14(18)6-5-9-17(3)4/h5-7H,8-12H2,1-4H3,(H,16,18)/b6-5+. The van der Waals surface area contributed by atoms with E-state index in [1.807, 2.05) is 25.1 Å². The molecule has 0 aromatic rings. The second-order valence-electron chi connectivity index (χ2n) is 5.82. The van der Waals surface area contributed by atoms with Crippen LogP contribution in [0, 0.1) is 5.41 Å². The molecule has 0 radical (unpaired) electrons. The lowest BCUT2D eigenvalue weighted by molar-refractivity contribution is -0.116. The molecule has 19 heavy (non-hydrogen) atoms. The molecule has 0 fully saturated rings. The summed E-state index contributed by atoms with van der Waals surface area (Å²) < 4.78 is 5.32. The Hall–Kier alpha value is -1.13. The van der Waals surface area contributed by atoms with E-state index in [1.54, 1.807) is 6.08 Å². The first-order valence-electron chi connectivity index (χ1n) is 6.78. The largest absolute Gasteiger partial charge is 0.377 e. The lowest BCUT2D eigenvalue weighted by Crippen LogP contribution is -2.35. The van der Waals surface area contributed by atoms with Crippen LogP contribution in [0.4, 0.5) is 0 Å². The molecule has 1 amide bonds. The number of rotatable bonds is 6. The smallest absolute Gasteiger partial charge is 0.243 e. The number of carbonyl (C=O) groups excluding carboxylic acids is 1. The van der Waals surface area contributed by atoms with Gasteiger partial charge in [-0.3, -0.25) is 4.79 Å². The Balaban J connectivity index is 2.40. The van der Waals surface area contributed by atoms with Gasteiger partial charge in [0.1, 0.15) is 0 Å². The van der Waals surface area contributed by atoms with Crippen molar-refractivity contribution >= 4 is 5.91 Å². The summed E-state index contributed by atoms with van der Waals surface area (Å²) in [7, 11) is 3.95. The van der Waals surface area contributed by atoms with Gasteiger partial charge >= 0.3 is 0 Å². The molecule has 1 aliphatic rings. The Morgan fingerprint density at radius 1 is 1.53 bits per heavy atom. The number of ether oxygens (including phenoxy) is 1. The van der Waals surface area contributed by atoms with Crippen LogP contribution in [-0.2, 0) is 9.53 Å². The van der Waals surface area contributed by atoms with Crippen LogP contribution in [-0.4, -0.2) is 51.2 Å². The minimum atomic E-state index is -0.0254. The number of hydrogen-bond donors (Lipinski definition) is 1. The maximum atomic E-state index is 11.7. The molecule has 0 unspecified atom stereocenters. The molecule has 0 aromatic heterocycles. The fourth-order valence-corrected chi connectivity index (χ4v) is 1.99. The third-order valence-corrected chi connectivity index (χ3v) is 3.28.